The van der Waals surface area contributed by atoms with Crippen molar-refractivity contribution < 1.29 is 4.79 Å². The fourth-order valence-electron chi connectivity index (χ4n) is 1.23. The van der Waals surface area contributed by atoms with Crippen LogP contribution in [0.3, 0.4) is 0 Å². The summed E-state index contributed by atoms with van der Waals surface area (Å²) in [5, 5.41) is 0.645. The molecule has 0 amide bonds. The molecule has 0 saturated heterocycles. The van der Waals surface area contributed by atoms with Crippen LogP contribution in [0, 0.1) is 0 Å². The third-order valence-corrected chi connectivity index (χ3v) is 3.18. The molecular formula is C12H14N2OS. The highest BCUT2D eigenvalue weighted by Crippen LogP contribution is 2.27. The lowest BCUT2D eigenvalue weighted by Gasteiger charge is -1.96. The second-order valence-corrected chi connectivity index (χ2v) is 4.14. The molecule has 16 heavy (non-hydrogen) atoms. The Kier molecular flexibility index (Phi) is 4.19. The van der Waals surface area contributed by atoms with Crippen LogP contribution in [-0.2, 0) is 4.79 Å². The molecular weight excluding hydrogens is 220 g/mol. The molecule has 0 spiro atoms. The first-order chi connectivity index (χ1) is 7.63. The van der Waals surface area contributed by atoms with Gasteiger partial charge in [-0.25, -0.2) is 4.98 Å². The van der Waals surface area contributed by atoms with Crippen molar-refractivity contribution in [2.75, 3.05) is 0 Å². The van der Waals surface area contributed by atoms with Crippen LogP contribution in [0.25, 0.3) is 11.1 Å². The molecule has 0 aliphatic rings. The summed E-state index contributed by atoms with van der Waals surface area (Å²) in [6.07, 6.45) is 6.73. The Morgan fingerprint density at radius 3 is 2.75 bits per heavy atom. The van der Waals surface area contributed by atoms with Gasteiger partial charge in [0.1, 0.15) is 5.01 Å². The van der Waals surface area contributed by atoms with E-state index < -0.39 is 0 Å². The molecule has 1 aromatic heterocycles. The maximum atomic E-state index is 11.3. The minimum Gasteiger partial charge on any atom is -0.404 e. The number of rotatable bonds is 4. The van der Waals surface area contributed by atoms with E-state index >= 15 is 0 Å². The Bertz CT molecular complexity index is 469. The van der Waals surface area contributed by atoms with Gasteiger partial charge in [0.25, 0.3) is 0 Å². The molecule has 84 valence electrons. The summed E-state index contributed by atoms with van der Waals surface area (Å²) in [5.41, 5.74) is 6.86. The van der Waals surface area contributed by atoms with Gasteiger partial charge in [0, 0.05) is 12.4 Å². The maximum absolute atomic E-state index is 11.3. The van der Waals surface area contributed by atoms with Crippen LogP contribution in [0.5, 0.6) is 0 Å². The van der Waals surface area contributed by atoms with Gasteiger partial charge in [-0.3, -0.25) is 4.79 Å². The van der Waals surface area contributed by atoms with Crippen molar-refractivity contribution >= 4 is 28.3 Å². The lowest BCUT2D eigenvalue weighted by Crippen LogP contribution is -1.98. The predicted molar refractivity (Wildman–Crippen MR) is 68.8 cm³/mol. The van der Waals surface area contributed by atoms with Crippen molar-refractivity contribution in [3.05, 3.63) is 41.0 Å². The Morgan fingerprint density at radius 1 is 1.62 bits per heavy atom. The Labute approximate surface area is 99.0 Å². The number of ketones is 1. The lowest BCUT2D eigenvalue weighted by atomic mass is 10.2. The highest BCUT2D eigenvalue weighted by atomic mass is 32.1. The molecule has 1 heterocycles. The number of aromatic nitrogens is 1. The van der Waals surface area contributed by atoms with E-state index in [0.29, 0.717) is 10.6 Å². The van der Waals surface area contributed by atoms with Gasteiger partial charge in [0.2, 0.25) is 0 Å². The van der Waals surface area contributed by atoms with Gasteiger partial charge in [-0.05, 0) is 19.4 Å². The van der Waals surface area contributed by atoms with Crippen molar-refractivity contribution in [2.45, 2.75) is 13.8 Å². The van der Waals surface area contributed by atoms with Crippen molar-refractivity contribution in [2.24, 2.45) is 5.73 Å². The molecule has 0 unspecified atom stereocenters. The van der Waals surface area contributed by atoms with E-state index in [1.165, 1.54) is 24.5 Å². The summed E-state index contributed by atoms with van der Waals surface area (Å²) in [5.74, 6) is -0.0796. The molecule has 2 N–H and O–H groups in total. The molecule has 0 bridgehead atoms. The van der Waals surface area contributed by atoms with Gasteiger partial charge >= 0.3 is 0 Å². The first-order valence-electron chi connectivity index (χ1n) is 4.82. The molecule has 0 saturated carbocycles. The second kappa shape index (κ2) is 5.42. The summed E-state index contributed by atoms with van der Waals surface area (Å²) >= 11 is 1.43. The van der Waals surface area contributed by atoms with Crippen molar-refractivity contribution in [1.82, 2.24) is 4.98 Å². The van der Waals surface area contributed by atoms with Crippen LogP contribution in [0.2, 0.25) is 0 Å². The van der Waals surface area contributed by atoms with Crippen LogP contribution in [0.4, 0.5) is 0 Å². The van der Waals surface area contributed by atoms with E-state index in [1.54, 1.807) is 12.3 Å². The van der Waals surface area contributed by atoms with E-state index in [4.69, 9.17) is 5.73 Å². The third-order valence-electron chi connectivity index (χ3n) is 2.10. The SMILES string of the molecule is C=C/C(=C\C)c1cnc(/C(=C\N)C(C)=O)s1. The van der Waals surface area contributed by atoms with Crippen LogP contribution in [0.1, 0.15) is 23.7 Å². The summed E-state index contributed by atoms with van der Waals surface area (Å²) in [6, 6.07) is 0. The first kappa shape index (κ1) is 12.4. The molecule has 0 fully saturated rings. The van der Waals surface area contributed by atoms with Crippen molar-refractivity contribution in [1.29, 1.82) is 0 Å². The van der Waals surface area contributed by atoms with Gasteiger partial charge in [0.15, 0.2) is 5.78 Å². The zero-order chi connectivity index (χ0) is 12.1. The quantitative estimate of drug-likeness (QED) is 0.643. The topological polar surface area (TPSA) is 56.0 Å². The third kappa shape index (κ3) is 2.46. The van der Waals surface area contributed by atoms with E-state index in [2.05, 4.69) is 11.6 Å². The van der Waals surface area contributed by atoms with E-state index in [1.807, 2.05) is 13.0 Å². The molecule has 0 radical (unpaired) electrons. The Balaban J connectivity index is 3.13. The van der Waals surface area contributed by atoms with Crippen LogP contribution < -0.4 is 5.73 Å². The van der Waals surface area contributed by atoms with Crippen LogP contribution in [0.15, 0.2) is 31.1 Å². The van der Waals surface area contributed by atoms with Gasteiger partial charge in [0.05, 0.1) is 10.5 Å². The number of carbonyl (C=O) groups excluding carboxylic acids is 1. The molecule has 1 rings (SSSR count). The molecule has 0 aliphatic carbocycles. The Morgan fingerprint density at radius 2 is 2.31 bits per heavy atom. The monoisotopic (exact) mass is 234 g/mol. The number of nitrogens with zero attached hydrogens (tertiary/aromatic N) is 1. The number of hydrogen-bond donors (Lipinski definition) is 1. The van der Waals surface area contributed by atoms with Gasteiger partial charge in [-0.2, -0.15) is 0 Å². The van der Waals surface area contributed by atoms with E-state index in [-0.39, 0.29) is 5.78 Å². The smallest absolute Gasteiger partial charge is 0.164 e. The number of thiazole rings is 1. The highest BCUT2D eigenvalue weighted by Gasteiger charge is 2.12. The number of nitrogens with two attached hydrogens (primary N) is 1. The summed E-state index contributed by atoms with van der Waals surface area (Å²) in [4.78, 5) is 16.4. The summed E-state index contributed by atoms with van der Waals surface area (Å²) < 4.78 is 0. The fourth-order valence-corrected chi connectivity index (χ4v) is 2.29. The van der Waals surface area contributed by atoms with E-state index in [9.17, 15) is 4.79 Å². The zero-order valence-corrected chi connectivity index (χ0v) is 10.2. The molecule has 3 nitrogen and oxygen atoms in total. The molecule has 0 aromatic carbocycles. The normalized spacial score (nSPS) is 12.6. The number of carbonyl (C=O) groups is 1. The minimum absolute atomic E-state index is 0.0796. The summed E-state index contributed by atoms with van der Waals surface area (Å²) in [6.45, 7) is 7.13. The van der Waals surface area contributed by atoms with Crippen molar-refractivity contribution in [3.8, 4) is 0 Å². The zero-order valence-electron chi connectivity index (χ0n) is 9.36. The number of hydrogen-bond acceptors (Lipinski definition) is 4. The molecule has 0 atom stereocenters. The van der Waals surface area contributed by atoms with E-state index in [0.717, 1.165) is 10.5 Å². The fraction of sp³-hybridized carbons (Fsp3) is 0.167. The Hall–Kier alpha value is -1.68. The van der Waals surface area contributed by atoms with Gasteiger partial charge < -0.3 is 5.73 Å². The molecule has 0 aliphatic heterocycles. The van der Waals surface area contributed by atoms with Gasteiger partial charge in [-0.1, -0.05) is 18.7 Å². The largest absolute Gasteiger partial charge is 0.404 e. The lowest BCUT2D eigenvalue weighted by molar-refractivity contribution is -0.111. The maximum Gasteiger partial charge on any atom is 0.164 e. The second-order valence-electron chi connectivity index (χ2n) is 3.11. The first-order valence-corrected chi connectivity index (χ1v) is 5.63. The van der Waals surface area contributed by atoms with Gasteiger partial charge in [-0.15, -0.1) is 11.3 Å². The van der Waals surface area contributed by atoms with Crippen LogP contribution >= 0.6 is 11.3 Å². The predicted octanol–water partition coefficient (Wildman–Crippen LogP) is 2.62. The highest BCUT2D eigenvalue weighted by molar-refractivity contribution is 7.14. The molecule has 4 heteroatoms. The minimum atomic E-state index is -0.0796. The van der Waals surface area contributed by atoms with Crippen molar-refractivity contribution in [3.63, 3.8) is 0 Å². The average Bonchev–Trinajstić information content (AvgIpc) is 2.70. The number of Topliss-reactive ketones (excluding diaryl/α,β-unsaturated/α-hetero) is 1. The average molecular weight is 234 g/mol. The summed E-state index contributed by atoms with van der Waals surface area (Å²) in [7, 11) is 0. The number of allylic oxidation sites excluding steroid dienone is 4. The standard InChI is InChI=1S/C12H14N2OS/c1-4-9(5-2)11-7-14-12(16-11)10(6-13)8(3)15/h4-7H,1,13H2,2-3H3/b9-5+,10-6-. The molecule has 1 aromatic rings. The van der Waals surface area contributed by atoms with Crippen LogP contribution in [-0.4, -0.2) is 10.8 Å².